The second kappa shape index (κ2) is 8.58. The summed E-state index contributed by atoms with van der Waals surface area (Å²) in [6.45, 7) is 0.289. The number of nitrogens with two attached hydrogens (primary N) is 1. The van der Waals surface area contributed by atoms with Crippen LogP contribution in [0, 0.1) is 17.8 Å². The molecule has 0 atom stereocenters. The minimum atomic E-state index is -0.168. The average Bonchev–Trinajstić information content (AvgIpc) is 3.11. The normalized spacial score (nSPS) is 28.9. The van der Waals surface area contributed by atoms with Crippen LogP contribution in [0.1, 0.15) is 54.6 Å². The first-order valence-corrected chi connectivity index (χ1v) is 10.1. The minimum absolute atomic E-state index is 0. The Morgan fingerprint density at radius 3 is 2.17 bits per heavy atom. The summed E-state index contributed by atoms with van der Waals surface area (Å²) in [5, 5.41) is 6.91. The molecule has 4 fully saturated rings. The largest absolute Gasteiger partial charge is 0.467 e. The molecule has 4 aliphatic carbocycles. The number of amides is 1. The number of para-hydroxylation sites is 2. The Labute approximate surface area is 184 Å². The van der Waals surface area contributed by atoms with Crippen molar-refractivity contribution >= 4 is 42.1 Å². The predicted molar refractivity (Wildman–Crippen MR) is 120 cm³/mol. The van der Waals surface area contributed by atoms with Gasteiger partial charge in [-0.25, -0.2) is 0 Å². The average molecular weight is 438 g/mol. The van der Waals surface area contributed by atoms with Crippen LogP contribution < -0.4 is 16.4 Å². The van der Waals surface area contributed by atoms with Gasteiger partial charge in [0.25, 0.3) is 5.91 Å². The molecule has 4 N–H and O–H groups in total. The molecule has 1 heterocycles. The first kappa shape index (κ1) is 22.0. The number of carbonyl (C=O) groups is 1. The molecule has 29 heavy (non-hydrogen) atoms. The Balaban J connectivity index is 0.00000120. The van der Waals surface area contributed by atoms with Crippen molar-refractivity contribution in [2.75, 3.05) is 10.6 Å². The zero-order chi connectivity index (χ0) is 18.4. The lowest BCUT2D eigenvalue weighted by Gasteiger charge is -2.57. The van der Waals surface area contributed by atoms with Crippen molar-refractivity contribution in [3.63, 3.8) is 0 Å². The van der Waals surface area contributed by atoms with Crippen LogP contribution in [0.4, 0.5) is 11.4 Å². The maximum Gasteiger partial charge on any atom is 0.258 e. The van der Waals surface area contributed by atoms with Crippen LogP contribution >= 0.6 is 24.8 Å². The molecule has 4 saturated carbocycles. The number of anilines is 2. The van der Waals surface area contributed by atoms with Gasteiger partial charge in [0.1, 0.15) is 12.0 Å². The molecule has 4 aliphatic rings. The molecule has 0 aliphatic heterocycles. The van der Waals surface area contributed by atoms with E-state index in [2.05, 4.69) is 16.7 Å². The topological polar surface area (TPSA) is 80.3 Å². The Hall–Kier alpha value is -1.69. The fraction of sp³-hybridized carbons (Fsp3) is 0.500. The van der Waals surface area contributed by atoms with Crippen LogP contribution in [-0.2, 0) is 6.54 Å². The molecule has 158 valence electrons. The number of carbonyl (C=O) groups excluding carboxylic acids is 1. The summed E-state index contributed by atoms with van der Waals surface area (Å²) in [5.41, 5.74) is 8.13. The van der Waals surface area contributed by atoms with Crippen LogP contribution in [0.3, 0.4) is 0 Å². The van der Waals surface area contributed by atoms with Gasteiger partial charge in [-0.2, -0.15) is 0 Å². The van der Waals surface area contributed by atoms with E-state index < -0.39 is 0 Å². The number of hydrogen-bond acceptors (Lipinski definition) is 4. The molecule has 7 heteroatoms. The van der Waals surface area contributed by atoms with E-state index in [9.17, 15) is 4.79 Å². The number of benzene rings is 1. The first-order chi connectivity index (χ1) is 13.1. The Kier molecular flexibility index (Phi) is 6.51. The summed E-state index contributed by atoms with van der Waals surface area (Å²) in [7, 11) is 0. The first-order valence-electron chi connectivity index (χ1n) is 10.1. The number of halogens is 2. The molecule has 1 amide bonds. The molecule has 0 radical (unpaired) electrons. The molecule has 0 saturated heterocycles. The lowest BCUT2D eigenvalue weighted by molar-refractivity contribution is 0.0107. The van der Waals surface area contributed by atoms with Crippen LogP contribution in [0.2, 0.25) is 0 Å². The second-order valence-corrected chi connectivity index (χ2v) is 8.83. The van der Waals surface area contributed by atoms with Gasteiger partial charge in [-0.1, -0.05) is 12.1 Å². The standard InChI is InChI=1S/C22H27N3O2.2ClH/c23-12-18-8-17(13-27-18)21(26)24-19-3-1-2-4-20(19)25-22-9-14-5-15(10-22)7-16(6-14)11-22;;/h1-4,8,13-16,25H,5-7,9-12,23H2,(H,24,26);2*1H. The van der Waals surface area contributed by atoms with E-state index in [1.165, 1.54) is 44.8 Å². The van der Waals surface area contributed by atoms with E-state index in [-0.39, 0.29) is 42.8 Å². The van der Waals surface area contributed by atoms with Gasteiger partial charge in [-0.15, -0.1) is 24.8 Å². The van der Waals surface area contributed by atoms with Crippen molar-refractivity contribution in [2.24, 2.45) is 23.5 Å². The van der Waals surface area contributed by atoms with E-state index in [1.54, 1.807) is 6.07 Å². The van der Waals surface area contributed by atoms with Gasteiger partial charge >= 0.3 is 0 Å². The molecule has 5 nitrogen and oxygen atoms in total. The van der Waals surface area contributed by atoms with E-state index in [1.807, 2.05) is 18.2 Å². The number of hydrogen-bond donors (Lipinski definition) is 3. The van der Waals surface area contributed by atoms with Crippen LogP contribution in [0.5, 0.6) is 0 Å². The maximum absolute atomic E-state index is 12.6. The van der Waals surface area contributed by atoms with Gasteiger partial charge in [-0.05, 0) is 74.5 Å². The highest BCUT2D eigenvalue weighted by molar-refractivity contribution is 6.05. The molecule has 0 spiro atoms. The van der Waals surface area contributed by atoms with Crippen LogP contribution in [0.15, 0.2) is 41.0 Å². The highest BCUT2D eigenvalue weighted by Gasteiger charge is 2.51. The fourth-order valence-electron chi connectivity index (χ4n) is 6.05. The summed E-state index contributed by atoms with van der Waals surface area (Å²) in [4.78, 5) is 12.6. The molecule has 1 aromatic carbocycles. The number of nitrogens with one attached hydrogen (secondary N) is 2. The summed E-state index contributed by atoms with van der Waals surface area (Å²) in [5.74, 6) is 3.08. The van der Waals surface area contributed by atoms with Gasteiger partial charge in [0, 0.05) is 5.54 Å². The lowest BCUT2D eigenvalue weighted by atomic mass is 9.53. The summed E-state index contributed by atoms with van der Waals surface area (Å²) < 4.78 is 5.29. The highest BCUT2D eigenvalue weighted by Crippen LogP contribution is 2.56. The van der Waals surface area contributed by atoms with Crippen molar-refractivity contribution < 1.29 is 9.21 Å². The SMILES string of the molecule is Cl.Cl.NCc1cc(C(=O)Nc2ccccc2NC23CC4CC(CC(C4)C2)C3)co1. The Morgan fingerprint density at radius 2 is 1.62 bits per heavy atom. The van der Waals surface area contributed by atoms with E-state index in [0.29, 0.717) is 11.3 Å². The maximum atomic E-state index is 12.6. The highest BCUT2D eigenvalue weighted by atomic mass is 35.5. The Bertz CT molecular complexity index is 832. The van der Waals surface area contributed by atoms with Gasteiger partial charge in [0.05, 0.1) is 23.5 Å². The van der Waals surface area contributed by atoms with Crippen molar-refractivity contribution in [1.82, 2.24) is 0 Å². The third-order valence-electron chi connectivity index (χ3n) is 6.73. The van der Waals surface area contributed by atoms with Gasteiger partial charge in [0.2, 0.25) is 0 Å². The van der Waals surface area contributed by atoms with Gasteiger partial charge < -0.3 is 20.8 Å². The molecule has 1 aromatic heterocycles. The molecular formula is C22H29Cl2N3O2. The van der Waals surface area contributed by atoms with E-state index in [4.69, 9.17) is 10.2 Å². The van der Waals surface area contributed by atoms with Crippen molar-refractivity contribution in [1.29, 1.82) is 0 Å². The third-order valence-corrected chi connectivity index (χ3v) is 6.73. The number of rotatable bonds is 5. The monoisotopic (exact) mass is 437 g/mol. The van der Waals surface area contributed by atoms with Crippen molar-refractivity contribution in [3.8, 4) is 0 Å². The third kappa shape index (κ3) is 4.27. The summed E-state index contributed by atoms with van der Waals surface area (Å²) >= 11 is 0. The molecular weight excluding hydrogens is 409 g/mol. The van der Waals surface area contributed by atoms with Gasteiger partial charge in [-0.3, -0.25) is 4.79 Å². The quantitative estimate of drug-likeness (QED) is 0.598. The summed E-state index contributed by atoms with van der Waals surface area (Å²) in [6, 6.07) is 9.73. The molecule has 6 rings (SSSR count). The van der Waals surface area contributed by atoms with Crippen LogP contribution in [0.25, 0.3) is 0 Å². The zero-order valence-corrected chi connectivity index (χ0v) is 18.0. The smallest absolute Gasteiger partial charge is 0.258 e. The lowest BCUT2D eigenvalue weighted by Crippen LogP contribution is -2.54. The molecule has 4 bridgehead atoms. The van der Waals surface area contributed by atoms with E-state index >= 15 is 0 Å². The number of furan rings is 1. The molecule has 2 aromatic rings. The zero-order valence-electron chi connectivity index (χ0n) is 16.4. The van der Waals surface area contributed by atoms with E-state index in [0.717, 1.165) is 29.1 Å². The van der Waals surface area contributed by atoms with Gasteiger partial charge in [0.15, 0.2) is 0 Å². The Morgan fingerprint density at radius 1 is 1.03 bits per heavy atom. The summed E-state index contributed by atoms with van der Waals surface area (Å²) in [6.07, 6.45) is 9.52. The van der Waals surface area contributed by atoms with Crippen molar-refractivity contribution in [2.45, 2.75) is 50.6 Å². The second-order valence-electron chi connectivity index (χ2n) is 8.83. The minimum Gasteiger partial charge on any atom is -0.467 e. The fourth-order valence-corrected chi connectivity index (χ4v) is 6.05. The predicted octanol–water partition coefficient (Wildman–Crippen LogP) is 5.21. The molecule has 0 unspecified atom stereocenters. The van der Waals surface area contributed by atoms with Crippen LogP contribution in [-0.4, -0.2) is 11.4 Å². The van der Waals surface area contributed by atoms with Crippen molar-refractivity contribution in [3.05, 3.63) is 47.9 Å².